The normalized spacial score (nSPS) is 10.7. The van der Waals surface area contributed by atoms with E-state index in [1.165, 1.54) is 11.1 Å². The van der Waals surface area contributed by atoms with Crippen LogP contribution in [0.4, 0.5) is 0 Å². The maximum Gasteiger partial charge on any atom is 0.291 e. The van der Waals surface area contributed by atoms with Crippen molar-refractivity contribution in [3.05, 3.63) is 46.7 Å². The molecule has 0 aliphatic heterocycles. The minimum absolute atomic E-state index is 0.144. The van der Waals surface area contributed by atoms with Crippen molar-refractivity contribution in [2.75, 3.05) is 20.2 Å². The molecule has 0 atom stereocenters. The van der Waals surface area contributed by atoms with Gasteiger partial charge in [0.25, 0.3) is 5.91 Å². The highest BCUT2D eigenvalue weighted by Crippen LogP contribution is 2.16. The first-order valence-electron chi connectivity index (χ1n) is 7.77. The molecule has 0 saturated carbocycles. The Labute approximate surface area is 137 Å². The van der Waals surface area contributed by atoms with E-state index in [0.717, 1.165) is 12.2 Å². The van der Waals surface area contributed by atoms with Gasteiger partial charge in [0.1, 0.15) is 5.75 Å². The predicted molar refractivity (Wildman–Crippen MR) is 89.0 cm³/mol. The second kappa shape index (κ2) is 7.31. The highest BCUT2D eigenvalue weighted by Gasteiger charge is 2.19. The molecule has 0 radical (unpaired) electrons. The van der Waals surface area contributed by atoms with Gasteiger partial charge >= 0.3 is 0 Å². The third kappa shape index (κ3) is 4.58. The van der Waals surface area contributed by atoms with Gasteiger partial charge in [0.05, 0.1) is 12.3 Å². The Morgan fingerprint density at radius 3 is 2.39 bits per heavy atom. The Morgan fingerprint density at radius 2 is 1.83 bits per heavy atom. The molecule has 0 unspecified atom stereocenters. The van der Waals surface area contributed by atoms with Crippen LogP contribution in [0.5, 0.6) is 5.75 Å². The largest absolute Gasteiger partial charge is 0.494 e. The van der Waals surface area contributed by atoms with Gasteiger partial charge in [-0.15, -0.1) is 0 Å². The number of nitrogens with zero attached hydrogens (tertiary/aromatic N) is 2. The van der Waals surface area contributed by atoms with Gasteiger partial charge in [-0.05, 0) is 50.5 Å². The number of oxazole rings is 1. The van der Waals surface area contributed by atoms with Gasteiger partial charge < -0.3 is 14.1 Å². The zero-order valence-corrected chi connectivity index (χ0v) is 14.5. The van der Waals surface area contributed by atoms with Crippen LogP contribution in [0.1, 0.15) is 39.7 Å². The van der Waals surface area contributed by atoms with Crippen molar-refractivity contribution in [2.45, 2.75) is 34.1 Å². The molecule has 1 amide bonds. The molecule has 2 rings (SSSR count). The molecular weight excluding hydrogens is 292 g/mol. The second-order valence-corrected chi connectivity index (χ2v) is 5.90. The SMILES string of the molecule is Cc1cc(C)cc(OCCCN(C)C(=O)c2oc(C)nc2C)c1. The first-order valence-corrected chi connectivity index (χ1v) is 7.77. The number of hydrogen-bond acceptors (Lipinski definition) is 4. The van der Waals surface area contributed by atoms with Gasteiger partial charge in [0.2, 0.25) is 5.76 Å². The molecule has 0 aliphatic carbocycles. The topological polar surface area (TPSA) is 55.6 Å². The molecule has 0 aliphatic rings. The van der Waals surface area contributed by atoms with Crippen molar-refractivity contribution in [3.63, 3.8) is 0 Å². The number of ether oxygens (including phenoxy) is 1. The molecule has 124 valence electrons. The van der Waals surface area contributed by atoms with Crippen molar-refractivity contribution in [3.8, 4) is 5.75 Å². The summed E-state index contributed by atoms with van der Waals surface area (Å²) in [5.41, 5.74) is 3.00. The van der Waals surface area contributed by atoms with Crippen LogP contribution in [0.2, 0.25) is 0 Å². The Hall–Kier alpha value is -2.30. The lowest BCUT2D eigenvalue weighted by Crippen LogP contribution is -2.28. The zero-order chi connectivity index (χ0) is 17.0. The number of amides is 1. The Bertz CT molecular complexity index is 671. The molecule has 5 heteroatoms. The smallest absolute Gasteiger partial charge is 0.291 e. The lowest BCUT2D eigenvalue weighted by Gasteiger charge is -2.16. The second-order valence-electron chi connectivity index (χ2n) is 5.90. The van der Waals surface area contributed by atoms with E-state index >= 15 is 0 Å². The van der Waals surface area contributed by atoms with Crippen LogP contribution in [0, 0.1) is 27.7 Å². The van der Waals surface area contributed by atoms with Crippen molar-refractivity contribution >= 4 is 5.91 Å². The summed E-state index contributed by atoms with van der Waals surface area (Å²) in [5, 5.41) is 0. The maximum absolute atomic E-state index is 12.3. The molecule has 0 spiro atoms. The minimum atomic E-state index is -0.144. The third-order valence-electron chi connectivity index (χ3n) is 3.55. The van der Waals surface area contributed by atoms with Gasteiger partial charge in [0.15, 0.2) is 5.89 Å². The minimum Gasteiger partial charge on any atom is -0.494 e. The number of carbonyl (C=O) groups is 1. The number of aryl methyl sites for hydroxylation is 4. The fourth-order valence-corrected chi connectivity index (χ4v) is 2.51. The molecule has 2 aromatic rings. The summed E-state index contributed by atoms with van der Waals surface area (Å²) in [6.45, 7) is 8.78. The van der Waals surface area contributed by atoms with Crippen LogP contribution in [-0.2, 0) is 0 Å². The maximum atomic E-state index is 12.3. The fourth-order valence-electron chi connectivity index (χ4n) is 2.51. The Morgan fingerprint density at radius 1 is 1.17 bits per heavy atom. The standard InChI is InChI=1S/C18H24N2O3/c1-12-9-13(2)11-16(10-12)22-8-6-7-20(5)18(21)17-14(3)19-15(4)23-17/h9-11H,6-8H2,1-5H3. The predicted octanol–water partition coefficient (Wildman–Crippen LogP) is 3.45. The van der Waals surface area contributed by atoms with E-state index in [2.05, 4.69) is 11.1 Å². The van der Waals surface area contributed by atoms with Crippen LogP contribution < -0.4 is 4.74 Å². The van der Waals surface area contributed by atoms with Gasteiger partial charge in [0, 0.05) is 20.5 Å². The number of benzene rings is 1. The molecule has 23 heavy (non-hydrogen) atoms. The third-order valence-corrected chi connectivity index (χ3v) is 3.55. The molecular formula is C18H24N2O3. The van der Waals surface area contributed by atoms with E-state index in [9.17, 15) is 4.79 Å². The molecule has 0 N–H and O–H groups in total. The molecule has 0 bridgehead atoms. The van der Waals surface area contributed by atoms with E-state index in [4.69, 9.17) is 9.15 Å². The number of rotatable bonds is 6. The van der Waals surface area contributed by atoms with Crippen LogP contribution >= 0.6 is 0 Å². The van der Waals surface area contributed by atoms with Crippen LogP contribution in [0.15, 0.2) is 22.6 Å². The van der Waals surface area contributed by atoms with Gasteiger partial charge in [-0.3, -0.25) is 4.79 Å². The Balaban J connectivity index is 1.81. The van der Waals surface area contributed by atoms with E-state index in [-0.39, 0.29) is 5.91 Å². The molecule has 0 saturated heterocycles. The Kier molecular flexibility index (Phi) is 5.42. The molecule has 0 fully saturated rings. The van der Waals surface area contributed by atoms with Crippen molar-refractivity contribution in [2.24, 2.45) is 0 Å². The van der Waals surface area contributed by atoms with Crippen molar-refractivity contribution < 1.29 is 13.9 Å². The van der Waals surface area contributed by atoms with E-state index < -0.39 is 0 Å². The van der Waals surface area contributed by atoms with Gasteiger partial charge in [-0.25, -0.2) is 4.98 Å². The van der Waals surface area contributed by atoms with E-state index in [0.29, 0.717) is 30.5 Å². The summed E-state index contributed by atoms with van der Waals surface area (Å²) in [5.74, 6) is 1.56. The molecule has 1 heterocycles. The van der Waals surface area contributed by atoms with E-state index in [1.807, 2.05) is 26.0 Å². The monoisotopic (exact) mass is 316 g/mol. The van der Waals surface area contributed by atoms with Crippen LogP contribution in [-0.4, -0.2) is 36.0 Å². The van der Waals surface area contributed by atoms with Gasteiger partial charge in [-0.2, -0.15) is 0 Å². The summed E-state index contributed by atoms with van der Waals surface area (Å²) in [7, 11) is 1.76. The molecule has 1 aromatic carbocycles. The summed E-state index contributed by atoms with van der Waals surface area (Å²) in [6, 6.07) is 6.14. The summed E-state index contributed by atoms with van der Waals surface area (Å²) >= 11 is 0. The summed E-state index contributed by atoms with van der Waals surface area (Å²) in [6.07, 6.45) is 0.751. The van der Waals surface area contributed by atoms with Crippen LogP contribution in [0.3, 0.4) is 0 Å². The van der Waals surface area contributed by atoms with Crippen LogP contribution in [0.25, 0.3) is 0 Å². The molecule has 1 aromatic heterocycles. The lowest BCUT2D eigenvalue weighted by atomic mass is 10.1. The number of hydrogen-bond donors (Lipinski definition) is 0. The summed E-state index contributed by atoms with van der Waals surface area (Å²) < 4.78 is 11.1. The first kappa shape index (κ1) is 17.1. The fraction of sp³-hybridized carbons (Fsp3) is 0.444. The average molecular weight is 316 g/mol. The number of aromatic nitrogens is 1. The highest BCUT2D eigenvalue weighted by atomic mass is 16.5. The quantitative estimate of drug-likeness (QED) is 0.766. The van der Waals surface area contributed by atoms with Crippen molar-refractivity contribution in [1.82, 2.24) is 9.88 Å². The molecule has 5 nitrogen and oxygen atoms in total. The number of carbonyl (C=O) groups excluding carboxylic acids is 1. The zero-order valence-electron chi connectivity index (χ0n) is 14.5. The highest BCUT2D eigenvalue weighted by molar-refractivity contribution is 5.92. The average Bonchev–Trinajstić information content (AvgIpc) is 2.80. The van der Waals surface area contributed by atoms with E-state index in [1.54, 1.807) is 25.8 Å². The van der Waals surface area contributed by atoms with Gasteiger partial charge in [-0.1, -0.05) is 6.07 Å². The lowest BCUT2D eigenvalue weighted by molar-refractivity contribution is 0.0754. The summed E-state index contributed by atoms with van der Waals surface area (Å²) in [4.78, 5) is 18.0. The first-order chi connectivity index (χ1) is 10.9. The van der Waals surface area contributed by atoms with Crippen molar-refractivity contribution in [1.29, 1.82) is 0 Å².